The predicted octanol–water partition coefficient (Wildman–Crippen LogP) is 20.3. The molecule has 0 atom stereocenters. The van der Waals surface area contributed by atoms with Crippen LogP contribution < -0.4 is 46.9 Å². The molecule has 0 saturated carbocycles. The fourth-order valence-corrected chi connectivity index (χ4v) is 20.6. The van der Waals surface area contributed by atoms with Gasteiger partial charge in [0.1, 0.15) is 0 Å². The molecule has 0 unspecified atom stereocenters. The second kappa shape index (κ2) is 20.0. The summed E-state index contributed by atoms with van der Waals surface area (Å²) in [5, 5.41) is 2.70. The molecule has 6 heterocycles. The Labute approximate surface area is 563 Å². The van der Waals surface area contributed by atoms with Gasteiger partial charge in [0.05, 0.1) is 5.00 Å². The average molecular weight is 1250 g/mol. The molecule has 0 radical (unpaired) electrons. The topological polar surface area (TPSA) is 13.0 Å². The molecule has 94 heavy (non-hydrogen) atoms. The van der Waals surface area contributed by atoms with Crippen LogP contribution in [0.2, 0.25) is 0 Å². The first-order valence-electron chi connectivity index (χ1n) is 33.8. The van der Waals surface area contributed by atoms with Crippen LogP contribution in [-0.4, -0.2) is 13.4 Å². The molecule has 0 fully saturated rings. The van der Waals surface area contributed by atoms with Crippen molar-refractivity contribution in [3.05, 3.63) is 280 Å². The van der Waals surface area contributed by atoms with Gasteiger partial charge in [0.25, 0.3) is 13.4 Å². The van der Waals surface area contributed by atoms with Gasteiger partial charge in [-0.3, -0.25) is 0 Å². The molecule has 10 aromatic carbocycles. The van der Waals surface area contributed by atoms with Gasteiger partial charge in [0, 0.05) is 87.9 Å². The average Bonchev–Trinajstić information content (AvgIpc) is 1.45. The van der Waals surface area contributed by atoms with Gasteiger partial charge in [0.2, 0.25) is 0 Å². The molecule has 2 aliphatic carbocycles. The molecule has 458 valence electrons. The summed E-state index contributed by atoms with van der Waals surface area (Å²) in [6.07, 6.45) is 0.888. The minimum absolute atomic E-state index is 0.0306. The number of fused-ring (bicyclic) bond motifs is 15. The standard InChI is InChI=1S/C86H76B2N4S2/c1-82(2,3)53-38-45-58(46-39-53)90-67-32-23-34-69-75(67)87(64-49-42-55(50-70(64)90)83(4,5)6)76-73-78(60-26-16-18-28-62(60)85(73,9)10)94-81(76)92(69)59-47-40-54(41-48-59)84(7,8)51-52-36-43-57(44-37-52)89-65-30-20-19-29-63(65)88-74-66(89)31-22-33-68(74)91(56-24-14-13-15-25-56)80-77(88)79-72(86(80,11)12)61-27-17-21-35-71(61)93-79/h13-50H,51H2,1-12H3. The molecule has 0 N–H and O–H groups in total. The van der Waals surface area contributed by atoms with E-state index in [0.29, 0.717) is 0 Å². The van der Waals surface area contributed by atoms with Crippen LogP contribution in [0.1, 0.15) is 127 Å². The van der Waals surface area contributed by atoms with E-state index in [9.17, 15) is 0 Å². The van der Waals surface area contributed by atoms with Crippen molar-refractivity contribution < 1.29 is 0 Å². The Morgan fingerprint density at radius 2 is 0.904 bits per heavy atom. The third-order valence-corrected chi connectivity index (χ3v) is 24.5. The highest BCUT2D eigenvalue weighted by Crippen LogP contribution is 2.61. The second-order valence-electron chi connectivity index (χ2n) is 31.0. The summed E-state index contributed by atoms with van der Waals surface area (Å²) >= 11 is 3.97. The van der Waals surface area contributed by atoms with Crippen LogP contribution in [0.3, 0.4) is 0 Å². The monoisotopic (exact) mass is 1250 g/mol. The van der Waals surface area contributed by atoms with E-state index in [-0.39, 0.29) is 40.5 Å². The minimum Gasteiger partial charge on any atom is -0.314 e. The molecule has 6 aliphatic rings. The molecule has 0 spiro atoms. The maximum atomic E-state index is 2.63. The fourth-order valence-electron chi connectivity index (χ4n) is 17.6. The number of hydrogen-bond acceptors (Lipinski definition) is 6. The first-order valence-corrected chi connectivity index (χ1v) is 35.4. The van der Waals surface area contributed by atoms with Crippen molar-refractivity contribution in [1.29, 1.82) is 0 Å². The molecule has 2 aromatic heterocycles. The summed E-state index contributed by atoms with van der Waals surface area (Å²) in [6.45, 7) is 28.8. The highest BCUT2D eigenvalue weighted by Gasteiger charge is 2.55. The van der Waals surface area contributed by atoms with Crippen LogP contribution in [0.25, 0.3) is 26.0 Å². The highest BCUT2D eigenvalue weighted by atomic mass is 32.1. The Bertz CT molecular complexity index is 5190. The van der Waals surface area contributed by atoms with E-state index < -0.39 is 0 Å². The summed E-state index contributed by atoms with van der Waals surface area (Å²) in [5.74, 6) is 0. The Kier molecular flexibility index (Phi) is 12.2. The number of thiophene rings is 2. The quantitative estimate of drug-likeness (QED) is 0.147. The first-order chi connectivity index (χ1) is 45.2. The van der Waals surface area contributed by atoms with Crippen LogP contribution in [0.5, 0.6) is 0 Å². The van der Waals surface area contributed by atoms with Crippen LogP contribution in [-0.2, 0) is 33.5 Å². The summed E-state index contributed by atoms with van der Waals surface area (Å²) in [5.41, 5.74) is 32.5. The lowest BCUT2D eigenvalue weighted by molar-refractivity contribution is 0.522. The molecule has 4 aliphatic heterocycles. The van der Waals surface area contributed by atoms with E-state index in [1.807, 2.05) is 22.7 Å². The van der Waals surface area contributed by atoms with Gasteiger partial charge in [-0.15, -0.1) is 22.7 Å². The molecule has 0 saturated heterocycles. The van der Waals surface area contributed by atoms with Crippen molar-refractivity contribution in [2.24, 2.45) is 0 Å². The van der Waals surface area contributed by atoms with Gasteiger partial charge in [-0.2, -0.15) is 0 Å². The number of nitrogens with zero attached hydrogens (tertiary/aromatic N) is 4. The smallest absolute Gasteiger partial charge is 0.253 e. The second-order valence-corrected chi connectivity index (χ2v) is 33.1. The van der Waals surface area contributed by atoms with Crippen molar-refractivity contribution in [2.45, 2.75) is 117 Å². The summed E-state index contributed by atoms with van der Waals surface area (Å²) in [6, 6.07) is 88.7. The normalized spacial score (nSPS) is 15.9. The van der Waals surface area contributed by atoms with Crippen LogP contribution in [0, 0.1) is 0 Å². The first kappa shape index (κ1) is 57.6. The van der Waals surface area contributed by atoms with Gasteiger partial charge in [-0.25, -0.2) is 0 Å². The Hall–Kier alpha value is -9.07. The van der Waals surface area contributed by atoms with Crippen molar-refractivity contribution in [1.82, 2.24) is 0 Å². The molecule has 18 rings (SSSR count). The highest BCUT2D eigenvalue weighted by molar-refractivity contribution is 7.24. The van der Waals surface area contributed by atoms with Gasteiger partial charge < -0.3 is 19.6 Å². The van der Waals surface area contributed by atoms with E-state index in [4.69, 9.17) is 0 Å². The Morgan fingerprint density at radius 3 is 1.60 bits per heavy atom. The third-order valence-electron chi connectivity index (χ3n) is 22.1. The molecule has 8 heteroatoms. The number of allylic oxidation sites excluding steroid dienone is 1. The molecule has 4 nitrogen and oxygen atoms in total. The lowest BCUT2D eigenvalue weighted by Gasteiger charge is -2.46. The van der Waals surface area contributed by atoms with Crippen molar-refractivity contribution in [2.75, 3.05) is 19.6 Å². The zero-order chi connectivity index (χ0) is 64.3. The Morgan fingerprint density at radius 1 is 0.383 bits per heavy atom. The summed E-state index contributed by atoms with van der Waals surface area (Å²) in [7, 11) is 0. The van der Waals surface area contributed by atoms with Crippen LogP contribution in [0.4, 0.5) is 61.9 Å². The number of anilines is 11. The fraction of sp³-hybridized carbons (Fsp3) is 0.209. The summed E-state index contributed by atoms with van der Waals surface area (Å²) < 4.78 is 1.36. The molecule has 0 bridgehead atoms. The number of hydrogen-bond donors (Lipinski definition) is 0. The molecular formula is C86H76B2N4S2. The molecular weight excluding hydrogens is 1170 g/mol. The molecule has 12 aromatic rings. The van der Waals surface area contributed by atoms with Gasteiger partial charge in [-0.05, 0) is 196 Å². The maximum absolute atomic E-state index is 2.63. The third kappa shape index (κ3) is 8.11. The van der Waals surface area contributed by atoms with Gasteiger partial charge in [-0.1, -0.05) is 223 Å². The van der Waals surface area contributed by atoms with Crippen LogP contribution in [0.15, 0.2) is 236 Å². The van der Waals surface area contributed by atoms with E-state index in [1.165, 1.54) is 165 Å². The van der Waals surface area contributed by atoms with Crippen molar-refractivity contribution in [3.63, 3.8) is 0 Å². The Balaban J connectivity index is 0.715. The van der Waals surface area contributed by atoms with Gasteiger partial charge in [0.15, 0.2) is 0 Å². The zero-order valence-corrected chi connectivity index (χ0v) is 57.5. The lowest BCUT2D eigenvalue weighted by Crippen LogP contribution is -2.62. The molecule has 0 amide bonds. The maximum Gasteiger partial charge on any atom is 0.253 e. The van der Waals surface area contributed by atoms with Crippen LogP contribution >= 0.6 is 22.7 Å². The number of rotatable bonds is 7. The van der Waals surface area contributed by atoms with Gasteiger partial charge >= 0.3 is 0 Å². The van der Waals surface area contributed by atoms with Crippen molar-refractivity contribution in [3.8, 4) is 10.4 Å². The lowest BCUT2D eigenvalue weighted by atomic mass is 9.33. The largest absolute Gasteiger partial charge is 0.314 e. The van der Waals surface area contributed by atoms with Crippen molar-refractivity contribution >= 4 is 141 Å². The van der Waals surface area contributed by atoms with E-state index >= 15 is 0 Å². The number of benzene rings is 10. The SMILES string of the molecule is CC(C)(C)c1ccc(N2c3cc(C(C)(C)C)ccc3B3c4c2cccc4N(c2ccc(C(C)(C)Cc4ccc(N5c6ccccc6B6C7=C(N(c8ccccc8)c8cccc5c86)C(C)(C)c5c7sc6ccccc56)cc4)cc2)c2sc4c(c23)C(C)(C)c2ccccc2-4)cc1. The summed E-state index contributed by atoms with van der Waals surface area (Å²) in [4.78, 5) is 13.2. The number of para-hydroxylation sites is 2. The minimum atomic E-state index is -0.236. The predicted molar refractivity (Wildman–Crippen MR) is 407 cm³/mol. The van der Waals surface area contributed by atoms with E-state index in [2.05, 4.69) is 333 Å². The van der Waals surface area contributed by atoms with E-state index in [0.717, 1.165) is 6.42 Å². The zero-order valence-electron chi connectivity index (χ0n) is 55.9. The van der Waals surface area contributed by atoms with E-state index in [1.54, 1.807) is 0 Å².